The number of ether oxygens (including phenoxy) is 1. The number of nitrogens with zero attached hydrogens (tertiary/aromatic N) is 1. The molecule has 0 fully saturated rings. The van der Waals surface area contributed by atoms with E-state index in [1.807, 2.05) is 37.3 Å². The molecule has 0 saturated heterocycles. The summed E-state index contributed by atoms with van der Waals surface area (Å²) in [6.45, 7) is 2.01. The fourth-order valence-electron chi connectivity index (χ4n) is 1.35. The van der Waals surface area contributed by atoms with Crippen molar-refractivity contribution in [2.75, 3.05) is 5.43 Å². The smallest absolute Gasteiger partial charge is 0.221 e. The van der Waals surface area contributed by atoms with Crippen molar-refractivity contribution < 1.29 is 4.74 Å². The van der Waals surface area contributed by atoms with Gasteiger partial charge in [-0.25, -0.2) is 5.84 Å². The van der Waals surface area contributed by atoms with Gasteiger partial charge < -0.3 is 10.2 Å². The van der Waals surface area contributed by atoms with E-state index >= 15 is 0 Å². The summed E-state index contributed by atoms with van der Waals surface area (Å²) in [5, 5.41) is 0. The number of hydrogen-bond donors (Lipinski definition) is 2. The molecule has 0 aliphatic rings. The van der Waals surface area contributed by atoms with Crippen molar-refractivity contribution in [3.63, 3.8) is 0 Å². The lowest BCUT2D eigenvalue weighted by Gasteiger charge is -2.06. The predicted molar refractivity (Wildman–Crippen MR) is 63.3 cm³/mol. The van der Waals surface area contributed by atoms with Crippen molar-refractivity contribution >= 4 is 5.82 Å². The van der Waals surface area contributed by atoms with Crippen molar-refractivity contribution in [1.29, 1.82) is 0 Å². The standard InChI is InChI=1S/C12H13N3O/c1-9-4-2-5-10(8-9)16-12-7-3-6-11(14-12)15-13/h2-8H,13H2,1H3,(H,14,15). The zero-order valence-electron chi connectivity index (χ0n) is 8.97. The summed E-state index contributed by atoms with van der Waals surface area (Å²) in [5.74, 6) is 7.12. The molecular formula is C12H13N3O. The molecule has 0 atom stereocenters. The highest BCUT2D eigenvalue weighted by Gasteiger charge is 1.99. The third kappa shape index (κ3) is 2.49. The van der Waals surface area contributed by atoms with Crippen LogP contribution >= 0.6 is 0 Å². The Morgan fingerprint density at radius 1 is 1.19 bits per heavy atom. The van der Waals surface area contributed by atoms with E-state index < -0.39 is 0 Å². The maximum atomic E-state index is 5.60. The van der Waals surface area contributed by atoms with E-state index in [0.717, 1.165) is 11.3 Å². The van der Waals surface area contributed by atoms with Crippen LogP contribution in [0.5, 0.6) is 11.6 Å². The SMILES string of the molecule is Cc1cccc(Oc2cccc(NN)n2)c1. The predicted octanol–water partition coefficient (Wildman–Crippen LogP) is 2.47. The molecule has 82 valence electrons. The third-order valence-electron chi connectivity index (χ3n) is 2.08. The first-order valence-corrected chi connectivity index (χ1v) is 4.96. The lowest BCUT2D eigenvalue weighted by Crippen LogP contribution is -2.08. The number of nitrogen functional groups attached to an aromatic ring is 1. The number of nitrogens with one attached hydrogen (secondary N) is 1. The van der Waals surface area contributed by atoms with E-state index in [0.29, 0.717) is 11.7 Å². The average Bonchev–Trinajstić information content (AvgIpc) is 2.29. The molecule has 1 heterocycles. The van der Waals surface area contributed by atoms with Gasteiger partial charge in [-0.3, -0.25) is 0 Å². The van der Waals surface area contributed by atoms with Crippen LogP contribution in [0.2, 0.25) is 0 Å². The fourth-order valence-corrected chi connectivity index (χ4v) is 1.35. The molecule has 0 spiro atoms. The van der Waals surface area contributed by atoms with Gasteiger partial charge in [0.2, 0.25) is 5.88 Å². The highest BCUT2D eigenvalue weighted by Crippen LogP contribution is 2.21. The zero-order valence-corrected chi connectivity index (χ0v) is 8.97. The monoisotopic (exact) mass is 215 g/mol. The molecule has 0 radical (unpaired) electrons. The van der Waals surface area contributed by atoms with E-state index in [2.05, 4.69) is 10.4 Å². The molecule has 4 heteroatoms. The molecule has 1 aromatic heterocycles. The summed E-state index contributed by atoms with van der Waals surface area (Å²) in [6, 6.07) is 13.2. The van der Waals surface area contributed by atoms with Crippen LogP contribution in [0.1, 0.15) is 5.56 Å². The van der Waals surface area contributed by atoms with E-state index in [1.54, 1.807) is 12.1 Å². The minimum atomic E-state index is 0.515. The Bertz CT molecular complexity index is 485. The second-order valence-electron chi connectivity index (χ2n) is 3.42. The average molecular weight is 215 g/mol. The van der Waals surface area contributed by atoms with E-state index in [1.165, 1.54) is 0 Å². The number of rotatable bonds is 3. The molecule has 0 bridgehead atoms. The Kier molecular flexibility index (Phi) is 3.03. The Morgan fingerprint density at radius 2 is 2.00 bits per heavy atom. The van der Waals surface area contributed by atoms with Gasteiger partial charge in [-0.1, -0.05) is 18.2 Å². The van der Waals surface area contributed by atoms with Gasteiger partial charge in [0.25, 0.3) is 0 Å². The Balaban J connectivity index is 2.20. The minimum Gasteiger partial charge on any atom is -0.439 e. The number of aromatic nitrogens is 1. The first-order valence-electron chi connectivity index (χ1n) is 4.96. The summed E-state index contributed by atoms with van der Waals surface area (Å²) in [5.41, 5.74) is 3.62. The molecule has 0 saturated carbocycles. The van der Waals surface area contributed by atoms with Gasteiger partial charge in [0, 0.05) is 6.07 Å². The van der Waals surface area contributed by atoms with Gasteiger partial charge in [0.05, 0.1) is 0 Å². The minimum absolute atomic E-state index is 0.515. The number of hydrazine groups is 1. The van der Waals surface area contributed by atoms with Crippen LogP contribution in [0.15, 0.2) is 42.5 Å². The molecule has 2 aromatic rings. The second-order valence-corrected chi connectivity index (χ2v) is 3.42. The van der Waals surface area contributed by atoms with Crippen molar-refractivity contribution in [1.82, 2.24) is 4.98 Å². The third-order valence-corrected chi connectivity index (χ3v) is 2.08. The van der Waals surface area contributed by atoms with Crippen LogP contribution in [-0.4, -0.2) is 4.98 Å². The van der Waals surface area contributed by atoms with Gasteiger partial charge in [0.15, 0.2) is 0 Å². The van der Waals surface area contributed by atoms with Crippen LogP contribution < -0.4 is 16.0 Å². The van der Waals surface area contributed by atoms with Crippen LogP contribution in [0.3, 0.4) is 0 Å². The second kappa shape index (κ2) is 4.63. The molecule has 1 aromatic carbocycles. The number of aryl methyl sites for hydroxylation is 1. The van der Waals surface area contributed by atoms with Crippen molar-refractivity contribution in [3.8, 4) is 11.6 Å². The van der Waals surface area contributed by atoms with E-state index in [4.69, 9.17) is 10.6 Å². The number of hydrogen-bond acceptors (Lipinski definition) is 4. The Morgan fingerprint density at radius 3 is 2.75 bits per heavy atom. The lowest BCUT2D eigenvalue weighted by atomic mass is 10.2. The summed E-state index contributed by atoms with van der Waals surface area (Å²) in [6.07, 6.45) is 0. The zero-order chi connectivity index (χ0) is 11.4. The highest BCUT2D eigenvalue weighted by molar-refractivity contribution is 5.37. The summed E-state index contributed by atoms with van der Waals surface area (Å²) in [4.78, 5) is 4.16. The van der Waals surface area contributed by atoms with E-state index in [9.17, 15) is 0 Å². The summed E-state index contributed by atoms with van der Waals surface area (Å²) in [7, 11) is 0. The van der Waals surface area contributed by atoms with E-state index in [-0.39, 0.29) is 0 Å². The van der Waals surface area contributed by atoms with Gasteiger partial charge in [-0.15, -0.1) is 0 Å². The largest absolute Gasteiger partial charge is 0.439 e. The van der Waals surface area contributed by atoms with Crippen molar-refractivity contribution in [2.45, 2.75) is 6.92 Å². The Labute approximate surface area is 94.0 Å². The molecule has 3 N–H and O–H groups in total. The van der Waals surface area contributed by atoms with Crippen LogP contribution in [0, 0.1) is 6.92 Å². The quantitative estimate of drug-likeness (QED) is 0.610. The number of nitrogens with two attached hydrogens (primary N) is 1. The lowest BCUT2D eigenvalue weighted by molar-refractivity contribution is 0.463. The normalized spacial score (nSPS) is 9.88. The molecule has 0 aliphatic carbocycles. The summed E-state index contributed by atoms with van der Waals surface area (Å²) >= 11 is 0. The number of pyridine rings is 1. The maximum Gasteiger partial charge on any atom is 0.221 e. The summed E-state index contributed by atoms with van der Waals surface area (Å²) < 4.78 is 5.60. The van der Waals surface area contributed by atoms with Crippen LogP contribution in [0.4, 0.5) is 5.82 Å². The fraction of sp³-hybridized carbons (Fsp3) is 0.0833. The first-order chi connectivity index (χ1) is 7.78. The van der Waals surface area contributed by atoms with Crippen molar-refractivity contribution in [3.05, 3.63) is 48.0 Å². The number of benzene rings is 1. The molecular weight excluding hydrogens is 202 g/mol. The van der Waals surface area contributed by atoms with Crippen molar-refractivity contribution in [2.24, 2.45) is 5.84 Å². The Hall–Kier alpha value is -2.07. The molecule has 2 rings (SSSR count). The van der Waals surface area contributed by atoms with Gasteiger partial charge in [0.1, 0.15) is 11.6 Å². The molecule has 0 unspecified atom stereocenters. The molecule has 16 heavy (non-hydrogen) atoms. The van der Waals surface area contributed by atoms with Crippen LogP contribution in [0.25, 0.3) is 0 Å². The molecule has 0 aliphatic heterocycles. The molecule has 0 amide bonds. The van der Waals surface area contributed by atoms with Gasteiger partial charge in [-0.2, -0.15) is 4.98 Å². The maximum absolute atomic E-state index is 5.60. The van der Waals surface area contributed by atoms with Gasteiger partial charge in [-0.05, 0) is 30.7 Å². The van der Waals surface area contributed by atoms with Crippen LogP contribution in [-0.2, 0) is 0 Å². The van der Waals surface area contributed by atoms with Gasteiger partial charge >= 0.3 is 0 Å². The molecule has 4 nitrogen and oxygen atoms in total. The number of anilines is 1. The highest BCUT2D eigenvalue weighted by atomic mass is 16.5. The topological polar surface area (TPSA) is 60.2 Å². The first kappa shape index (κ1) is 10.4.